The van der Waals surface area contributed by atoms with Crippen molar-refractivity contribution in [3.8, 4) is 16.9 Å². The molecule has 2 rings (SSSR count). The maximum atomic E-state index is 6.16. The van der Waals surface area contributed by atoms with E-state index < -0.39 is 0 Å². The number of anilines is 1. The van der Waals surface area contributed by atoms with Gasteiger partial charge >= 0.3 is 0 Å². The molecular formula is C12H10Cl2N2O. The quantitative estimate of drug-likeness (QED) is 0.905. The smallest absolute Gasteiger partial charge is 0.138 e. The standard InChI is InChI=1S/C12H10Cl2N2O/c1-17-12-4-10(13)9(3-11(12)14)7-2-8(15)6-16-5-7/h2-6H,15H2,1H3. The minimum absolute atomic E-state index is 0.495. The summed E-state index contributed by atoms with van der Waals surface area (Å²) in [5.41, 5.74) is 7.85. The van der Waals surface area contributed by atoms with Crippen LogP contribution < -0.4 is 10.5 Å². The molecule has 0 aliphatic carbocycles. The van der Waals surface area contributed by atoms with Crippen LogP contribution in [0.5, 0.6) is 5.75 Å². The zero-order valence-corrected chi connectivity index (χ0v) is 10.6. The fourth-order valence-electron chi connectivity index (χ4n) is 1.51. The summed E-state index contributed by atoms with van der Waals surface area (Å²) < 4.78 is 5.08. The molecule has 1 aromatic carbocycles. The van der Waals surface area contributed by atoms with E-state index in [1.54, 1.807) is 37.7 Å². The highest BCUT2D eigenvalue weighted by atomic mass is 35.5. The third kappa shape index (κ3) is 2.46. The van der Waals surface area contributed by atoms with Crippen LogP contribution in [-0.4, -0.2) is 12.1 Å². The normalized spacial score (nSPS) is 10.3. The molecule has 0 aliphatic heterocycles. The molecule has 5 heteroatoms. The summed E-state index contributed by atoms with van der Waals surface area (Å²) in [7, 11) is 1.54. The Morgan fingerprint density at radius 3 is 2.53 bits per heavy atom. The van der Waals surface area contributed by atoms with Crippen molar-refractivity contribution in [1.82, 2.24) is 4.98 Å². The number of nitrogens with zero attached hydrogens (tertiary/aromatic N) is 1. The first kappa shape index (κ1) is 12.0. The summed E-state index contributed by atoms with van der Waals surface area (Å²) in [6.45, 7) is 0. The van der Waals surface area contributed by atoms with Gasteiger partial charge in [-0.2, -0.15) is 0 Å². The Hall–Kier alpha value is -1.45. The molecule has 0 bridgehead atoms. The van der Waals surface area contributed by atoms with E-state index in [9.17, 15) is 0 Å². The van der Waals surface area contributed by atoms with E-state index in [4.69, 9.17) is 33.7 Å². The van der Waals surface area contributed by atoms with Gasteiger partial charge in [-0.3, -0.25) is 4.98 Å². The number of halogens is 2. The molecule has 0 saturated heterocycles. The zero-order chi connectivity index (χ0) is 12.4. The maximum Gasteiger partial charge on any atom is 0.138 e. The monoisotopic (exact) mass is 268 g/mol. The van der Waals surface area contributed by atoms with Crippen LogP contribution >= 0.6 is 23.2 Å². The van der Waals surface area contributed by atoms with Crippen LogP contribution in [0.25, 0.3) is 11.1 Å². The average molecular weight is 269 g/mol. The number of nitrogens with two attached hydrogens (primary N) is 1. The van der Waals surface area contributed by atoms with Crippen LogP contribution in [0.2, 0.25) is 10.0 Å². The Labute approximate surface area is 109 Å². The van der Waals surface area contributed by atoms with E-state index in [1.165, 1.54) is 0 Å². The van der Waals surface area contributed by atoms with Gasteiger partial charge in [0.15, 0.2) is 0 Å². The fraction of sp³-hybridized carbons (Fsp3) is 0.0833. The van der Waals surface area contributed by atoms with E-state index >= 15 is 0 Å². The summed E-state index contributed by atoms with van der Waals surface area (Å²) in [5.74, 6) is 0.539. The van der Waals surface area contributed by atoms with Crippen LogP contribution in [0.3, 0.4) is 0 Å². The van der Waals surface area contributed by atoms with Gasteiger partial charge in [0, 0.05) is 29.6 Å². The van der Waals surface area contributed by atoms with Gasteiger partial charge in [0.25, 0.3) is 0 Å². The second-order valence-corrected chi connectivity index (χ2v) is 4.29. The third-order valence-corrected chi connectivity index (χ3v) is 2.92. The van der Waals surface area contributed by atoms with Crippen molar-refractivity contribution in [2.45, 2.75) is 0 Å². The highest BCUT2D eigenvalue weighted by Gasteiger charge is 2.10. The van der Waals surface area contributed by atoms with E-state index in [1.807, 2.05) is 0 Å². The molecule has 0 spiro atoms. The van der Waals surface area contributed by atoms with Crippen LogP contribution in [0.1, 0.15) is 0 Å². The molecule has 0 fully saturated rings. The SMILES string of the molecule is COc1cc(Cl)c(-c2cncc(N)c2)cc1Cl. The van der Waals surface area contributed by atoms with Crippen molar-refractivity contribution >= 4 is 28.9 Å². The predicted octanol–water partition coefficient (Wildman–Crippen LogP) is 3.65. The first-order valence-electron chi connectivity index (χ1n) is 4.85. The molecule has 88 valence electrons. The molecule has 0 radical (unpaired) electrons. The van der Waals surface area contributed by atoms with Crippen LogP contribution in [-0.2, 0) is 0 Å². The molecule has 0 unspecified atom stereocenters. The van der Waals surface area contributed by atoms with E-state index in [-0.39, 0.29) is 0 Å². The average Bonchev–Trinajstić information content (AvgIpc) is 2.31. The number of nitrogen functional groups attached to an aromatic ring is 1. The van der Waals surface area contributed by atoms with Gasteiger partial charge in [0.2, 0.25) is 0 Å². The maximum absolute atomic E-state index is 6.16. The first-order chi connectivity index (χ1) is 8.11. The van der Waals surface area contributed by atoms with E-state index in [0.717, 1.165) is 11.1 Å². The van der Waals surface area contributed by atoms with Gasteiger partial charge in [0.05, 0.1) is 22.8 Å². The molecule has 2 N–H and O–H groups in total. The minimum atomic E-state index is 0.495. The van der Waals surface area contributed by atoms with E-state index in [2.05, 4.69) is 4.98 Å². The zero-order valence-electron chi connectivity index (χ0n) is 9.08. The summed E-state index contributed by atoms with van der Waals surface area (Å²) in [5, 5.41) is 1.04. The molecule has 0 amide bonds. The Kier molecular flexibility index (Phi) is 3.41. The molecule has 0 saturated carbocycles. The molecule has 2 aromatic rings. The van der Waals surface area contributed by atoms with Gasteiger partial charge in [-0.05, 0) is 12.1 Å². The van der Waals surface area contributed by atoms with Crippen molar-refractivity contribution in [3.05, 3.63) is 40.6 Å². The molecule has 1 aromatic heterocycles. The Morgan fingerprint density at radius 1 is 1.12 bits per heavy atom. The highest BCUT2D eigenvalue weighted by Crippen LogP contribution is 2.36. The Bertz CT molecular complexity index is 558. The van der Waals surface area contributed by atoms with Gasteiger partial charge in [-0.1, -0.05) is 23.2 Å². The number of aromatic nitrogens is 1. The number of benzene rings is 1. The Balaban J connectivity index is 2.56. The van der Waals surface area contributed by atoms with Gasteiger partial charge < -0.3 is 10.5 Å². The number of rotatable bonds is 2. The van der Waals surface area contributed by atoms with Crippen molar-refractivity contribution in [3.63, 3.8) is 0 Å². The van der Waals surface area contributed by atoms with Crippen molar-refractivity contribution in [1.29, 1.82) is 0 Å². The molecule has 3 nitrogen and oxygen atoms in total. The summed E-state index contributed by atoms with van der Waals surface area (Å²) in [6, 6.07) is 5.19. The number of hydrogen-bond donors (Lipinski definition) is 1. The van der Waals surface area contributed by atoms with Crippen LogP contribution in [0.4, 0.5) is 5.69 Å². The topological polar surface area (TPSA) is 48.1 Å². The predicted molar refractivity (Wildman–Crippen MR) is 70.7 cm³/mol. The van der Waals surface area contributed by atoms with Crippen molar-refractivity contribution in [2.75, 3.05) is 12.8 Å². The molecule has 17 heavy (non-hydrogen) atoms. The molecular weight excluding hydrogens is 259 g/mol. The van der Waals surface area contributed by atoms with Gasteiger partial charge in [0.1, 0.15) is 5.75 Å². The number of hydrogen-bond acceptors (Lipinski definition) is 3. The Morgan fingerprint density at radius 2 is 1.88 bits per heavy atom. The van der Waals surface area contributed by atoms with E-state index in [0.29, 0.717) is 21.5 Å². The van der Waals surface area contributed by atoms with Crippen molar-refractivity contribution in [2.24, 2.45) is 0 Å². The summed E-state index contributed by atoms with van der Waals surface area (Å²) in [6.07, 6.45) is 3.25. The second-order valence-electron chi connectivity index (χ2n) is 3.47. The lowest BCUT2D eigenvalue weighted by Gasteiger charge is -2.09. The molecule has 0 atom stereocenters. The summed E-state index contributed by atoms with van der Waals surface area (Å²) in [4.78, 5) is 4.02. The largest absolute Gasteiger partial charge is 0.495 e. The van der Waals surface area contributed by atoms with Gasteiger partial charge in [-0.15, -0.1) is 0 Å². The summed E-state index contributed by atoms with van der Waals surface area (Å²) >= 11 is 12.2. The van der Waals surface area contributed by atoms with Crippen LogP contribution in [0, 0.1) is 0 Å². The lowest BCUT2D eigenvalue weighted by molar-refractivity contribution is 0.415. The van der Waals surface area contributed by atoms with Gasteiger partial charge in [-0.25, -0.2) is 0 Å². The molecule has 1 heterocycles. The highest BCUT2D eigenvalue weighted by molar-refractivity contribution is 6.36. The second kappa shape index (κ2) is 4.82. The third-order valence-electron chi connectivity index (χ3n) is 2.31. The number of ether oxygens (including phenoxy) is 1. The van der Waals surface area contributed by atoms with Crippen LogP contribution in [0.15, 0.2) is 30.6 Å². The number of methoxy groups -OCH3 is 1. The lowest BCUT2D eigenvalue weighted by atomic mass is 10.1. The molecule has 0 aliphatic rings. The fourth-order valence-corrected chi connectivity index (χ4v) is 2.01. The van der Waals surface area contributed by atoms with Crippen molar-refractivity contribution < 1.29 is 4.74 Å². The first-order valence-corrected chi connectivity index (χ1v) is 5.61. The number of pyridine rings is 1. The minimum Gasteiger partial charge on any atom is -0.495 e. The lowest BCUT2D eigenvalue weighted by Crippen LogP contribution is -1.90.